The van der Waals surface area contributed by atoms with E-state index in [1.165, 1.54) is 56.9 Å². The van der Waals surface area contributed by atoms with Crippen molar-refractivity contribution in [2.45, 2.75) is 64.2 Å². The van der Waals surface area contributed by atoms with Crippen LogP contribution in [-0.2, 0) is 0 Å². The molecule has 36 heavy (non-hydrogen) atoms. The molecule has 1 saturated carbocycles. The van der Waals surface area contributed by atoms with Gasteiger partial charge in [-0.3, -0.25) is 9.59 Å². The third-order valence-electron chi connectivity index (χ3n) is 7.80. The van der Waals surface area contributed by atoms with Crippen molar-refractivity contribution in [3.05, 3.63) is 100 Å². The Hall–Kier alpha value is -3.53. The van der Waals surface area contributed by atoms with E-state index >= 15 is 0 Å². The summed E-state index contributed by atoms with van der Waals surface area (Å²) in [7, 11) is 0. The standard InChI is InChI=1S/C32H32O4/c1-2-3-4-8-21-13-15-22(16-14-21)23-17-19-24(20-18-23)32(35)36-28-12-7-11-27-29(28)31(34)26-10-6-5-9-25(26)30(27)33/h5-7,9-12,17-22H,2-4,8,13-16H2,1H3. The highest BCUT2D eigenvalue weighted by Crippen LogP contribution is 2.38. The van der Waals surface area contributed by atoms with Gasteiger partial charge in [-0.15, -0.1) is 0 Å². The van der Waals surface area contributed by atoms with Crippen LogP contribution in [-0.4, -0.2) is 17.5 Å². The van der Waals surface area contributed by atoms with E-state index in [0.717, 1.165) is 5.92 Å². The first-order valence-corrected chi connectivity index (χ1v) is 13.2. The van der Waals surface area contributed by atoms with E-state index < -0.39 is 5.97 Å². The van der Waals surface area contributed by atoms with Crippen LogP contribution in [0.15, 0.2) is 66.7 Å². The number of unbranched alkanes of at least 4 members (excludes halogenated alkanes) is 2. The number of benzene rings is 3. The number of hydrogen-bond donors (Lipinski definition) is 0. The van der Waals surface area contributed by atoms with Crippen molar-refractivity contribution in [2.75, 3.05) is 0 Å². The molecule has 0 amide bonds. The maximum absolute atomic E-state index is 13.2. The maximum atomic E-state index is 13.2. The number of ketones is 2. The van der Waals surface area contributed by atoms with Crippen molar-refractivity contribution in [3.63, 3.8) is 0 Å². The molecular weight excluding hydrogens is 448 g/mol. The molecule has 0 unspecified atom stereocenters. The second-order valence-electron chi connectivity index (χ2n) is 10.1. The lowest BCUT2D eigenvalue weighted by Gasteiger charge is -2.29. The molecule has 0 spiro atoms. The van der Waals surface area contributed by atoms with Crippen molar-refractivity contribution in [3.8, 4) is 5.75 Å². The van der Waals surface area contributed by atoms with E-state index in [4.69, 9.17) is 4.74 Å². The number of carbonyl (C=O) groups is 3. The largest absolute Gasteiger partial charge is 0.422 e. The lowest BCUT2D eigenvalue weighted by molar-refractivity contribution is 0.0731. The van der Waals surface area contributed by atoms with Gasteiger partial charge in [-0.05, 0) is 61.3 Å². The Kier molecular flexibility index (Phi) is 7.13. The van der Waals surface area contributed by atoms with Gasteiger partial charge in [-0.25, -0.2) is 4.79 Å². The molecule has 0 N–H and O–H groups in total. The molecule has 0 aliphatic heterocycles. The summed E-state index contributed by atoms with van der Waals surface area (Å²) >= 11 is 0. The van der Waals surface area contributed by atoms with E-state index in [0.29, 0.717) is 22.6 Å². The molecule has 0 atom stereocenters. The highest BCUT2D eigenvalue weighted by Gasteiger charge is 2.32. The number of carbonyl (C=O) groups excluding carboxylic acids is 3. The van der Waals surface area contributed by atoms with Crippen LogP contribution in [0.5, 0.6) is 5.75 Å². The van der Waals surface area contributed by atoms with E-state index in [1.54, 1.807) is 42.5 Å². The summed E-state index contributed by atoms with van der Waals surface area (Å²) in [6.07, 6.45) is 10.3. The van der Waals surface area contributed by atoms with Crippen LogP contribution in [0.1, 0.15) is 112 Å². The first kappa shape index (κ1) is 24.2. The number of hydrogen-bond acceptors (Lipinski definition) is 4. The van der Waals surface area contributed by atoms with Crippen molar-refractivity contribution in [1.82, 2.24) is 0 Å². The fourth-order valence-electron chi connectivity index (χ4n) is 5.72. The van der Waals surface area contributed by atoms with Gasteiger partial charge in [-0.1, -0.05) is 81.1 Å². The first-order valence-electron chi connectivity index (χ1n) is 13.2. The van der Waals surface area contributed by atoms with Crippen molar-refractivity contribution in [2.24, 2.45) is 5.92 Å². The Morgan fingerprint density at radius 1 is 0.778 bits per heavy atom. The van der Waals surface area contributed by atoms with Gasteiger partial charge < -0.3 is 4.74 Å². The van der Waals surface area contributed by atoms with E-state index in [1.807, 2.05) is 24.3 Å². The zero-order valence-corrected chi connectivity index (χ0v) is 20.8. The summed E-state index contributed by atoms with van der Waals surface area (Å²) in [5.41, 5.74) is 2.84. The van der Waals surface area contributed by atoms with Gasteiger partial charge in [-0.2, -0.15) is 0 Å². The molecule has 0 heterocycles. The average Bonchev–Trinajstić information content (AvgIpc) is 2.92. The summed E-state index contributed by atoms with van der Waals surface area (Å²) in [4.78, 5) is 39.1. The van der Waals surface area contributed by atoms with E-state index in [-0.39, 0.29) is 28.4 Å². The Morgan fingerprint density at radius 2 is 1.44 bits per heavy atom. The minimum atomic E-state index is -0.534. The van der Waals surface area contributed by atoms with Crippen LogP contribution in [0, 0.1) is 5.92 Å². The fourth-order valence-corrected chi connectivity index (χ4v) is 5.72. The summed E-state index contributed by atoms with van der Waals surface area (Å²) < 4.78 is 5.67. The fraction of sp³-hybridized carbons (Fsp3) is 0.344. The van der Waals surface area contributed by atoms with Crippen LogP contribution in [0.25, 0.3) is 0 Å². The van der Waals surface area contributed by atoms with Gasteiger partial charge in [0.25, 0.3) is 0 Å². The number of ether oxygens (including phenoxy) is 1. The molecule has 2 aliphatic carbocycles. The Balaban J connectivity index is 1.27. The van der Waals surface area contributed by atoms with Gasteiger partial charge in [0.2, 0.25) is 0 Å². The van der Waals surface area contributed by atoms with E-state index in [2.05, 4.69) is 6.92 Å². The maximum Gasteiger partial charge on any atom is 0.343 e. The average molecular weight is 481 g/mol. The molecule has 3 aromatic rings. The molecule has 0 radical (unpaired) electrons. The lowest BCUT2D eigenvalue weighted by atomic mass is 9.77. The molecule has 0 saturated heterocycles. The van der Waals surface area contributed by atoms with Crippen LogP contribution in [0.2, 0.25) is 0 Å². The molecule has 5 rings (SSSR count). The number of esters is 1. The van der Waals surface area contributed by atoms with Gasteiger partial charge in [0, 0.05) is 16.7 Å². The smallest absolute Gasteiger partial charge is 0.343 e. The first-order chi connectivity index (χ1) is 17.6. The molecule has 1 fully saturated rings. The highest BCUT2D eigenvalue weighted by atomic mass is 16.5. The number of rotatable bonds is 7. The minimum Gasteiger partial charge on any atom is -0.422 e. The molecular formula is C32H32O4. The molecule has 4 nitrogen and oxygen atoms in total. The van der Waals surface area contributed by atoms with Gasteiger partial charge >= 0.3 is 5.97 Å². The van der Waals surface area contributed by atoms with Crippen molar-refractivity contribution in [1.29, 1.82) is 0 Å². The van der Waals surface area contributed by atoms with Gasteiger partial charge in [0.05, 0.1) is 11.1 Å². The lowest BCUT2D eigenvalue weighted by Crippen LogP contribution is -2.22. The van der Waals surface area contributed by atoms with Crippen LogP contribution in [0.4, 0.5) is 0 Å². The minimum absolute atomic E-state index is 0.121. The summed E-state index contributed by atoms with van der Waals surface area (Å²) in [6.45, 7) is 2.25. The van der Waals surface area contributed by atoms with Crippen LogP contribution in [0.3, 0.4) is 0 Å². The normalized spacial score (nSPS) is 18.9. The molecule has 4 heteroatoms. The van der Waals surface area contributed by atoms with E-state index in [9.17, 15) is 14.4 Å². The SMILES string of the molecule is CCCCCC1CCC(c2ccc(C(=O)Oc3cccc4c3C(=O)c3ccccc3C4=O)cc2)CC1. The molecule has 3 aromatic carbocycles. The van der Waals surface area contributed by atoms with Gasteiger partial charge in [0.1, 0.15) is 5.75 Å². The highest BCUT2D eigenvalue weighted by molar-refractivity contribution is 6.29. The predicted octanol–water partition coefficient (Wildman–Crippen LogP) is 7.54. The predicted molar refractivity (Wildman–Crippen MR) is 140 cm³/mol. The zero-order chi connectivity index (χ0) is 25.1. The zero-order valence-electron chi connectivity index (χ0n) is 20.8. The Morgan fingerprint density at radius 3 is 2.14 bits per heavy atom. The molecule has 2 aliphatic rings. The summed E-state index contributed by atoms with van der Waals surface area (Å²) in [5.74, 6) is 0.457. The summed E-state index contributed by atoms with van der Waals surface area (Å²) in [6, 6.07) is 19.2. The third-order valence-corrected chi connectivity index (χ3v) is 7.80. The van der Waals surface area contributed by atoms with Crippen molar-refractivity contribution >= 4 is 17.5 Å². The Labute approximate surface area is 212 Å². The quantitative estimate of drug-likeness (QED) is 0.156. The Bertz CT molecular complexity index is 1280. The number of fused-ring (bicyclic) bond motifs is 2. The monoisotopic (exact) mass is 480 g/mol. The second-order valence-corrected chi connectivity index (χ2v) is 10.1. The van der Waals surface area contributed by atoms with Gasteiger partial charge in [0.15, 0.2) is 11.6 Å². The third kappa shape index (κ3) is 4.77. The molecule has 0 aromatic heterocycles. The topological polar surface area (TPSA) is 60.4 Å². The van der Waals surface area contributed by atoms with Crippen molar-refractivity contribution < 1.29 is 19.1 Å². The summed E-state index contributed by atoms with van der Waals surface area (Å²) in [5, 5.41) is 0. The molecule has 184 valence electrons. The van der Waals surface area contributed by atoms with Crippen LogP contribution < -0.4 is 4.74 Å². The second kappa shape index (κ2) is 10.6. The molecule has 0 bridgehead atoms. The van der Waals surface area contributed by atoms with Crippen LogP contribution >= 0.6 is 0 Å².